The van der Waals surface area contributed by atoms with E-state index in [1.165, 1.54) is 10.9 Å². The Morgan fingerprint density at radius 2 is 1.88 bits per heavy atom. The Morgan fingerprint density at radius 1 is 1.03 bits per heavy atom. The number of rotatable bonds is 8. The van der Waals surface area contributed by atoms with Crippen LogP contribution in [0.25, 0.3) is 0 Å². The van der Waals surface area contributed by atoms with E-state index in [1.54, 1.807) is 60.8 Å². The highest BCUT2D eigenvalue weighted by molar-refractivity contribution is 6.35. The predicted octanol–water partition coefficient (Wildman–Crippen LogP) is 6.30. The molecule has 0 fully saturated rings. The second kappa shape index (κ2) is 9.99. The molecule has 4 rings (SSSR count). The maximum atomic E-state index is 12.5. The molecule has 1 N–H and O–H groups in total. The number of anilines is 1. The van der Waals surface area contributed by atoms with Crippen LogP contribution in [0, 0.1) is 0 Å². The summed E-state index contributed by atoms with van der Waals surface area (Å²) in [7, 11) is 0. The third-order valence-electron chi connectivity index (χ3n) is 4.20. The molecule has 164 valence electrons. The molecule has 0 saturated carbocycles. The number of hydrogen-bond donors (Lipinski definition) is 1. The second-order valence-electron chi connectivity index (χ2n) is 6.58. The van der Waals surface area contributed by atoms with E-state index in [0.717, 1.165) is 0 Å². The number of aromatic nitrogens is 2. The van der Waals surface area contributed by atoms with Crippen molar-refractivity contribution in [1.82, 2.24) is 9.78 Å². The average molecular weight is 493 g/mol. The number of amides is 1. The Bertz CT molecular complexity index is 1240. The van der Waals surface area contributed by atoms with Gasteiger partial charge in [0.2, 0.25) is 0 Å². The van der Waals surface area contributed by atoms with E-state index in [9.17, 15) is 4.79 Å². The molecule has 32 heavy (non-hydrogen) atoms. The number of carbonyl (C=O) groups excluding carboxylic acids is 1. The molecule has 2 aromatic carbocycles. The SMILES string of the molecule is O=C(Nc1cnn(COc2cccc(Cl)c2)c1)c1ccc(COc2ccc(Cl)cc2Cl)o1. The summed E-state index contributed by atoms with van der Waals surface area (Å²) in [6, 6.07) is 15.2. The predicted molar refractivity (Wildman–Crippen MR) is 122 cm³/mol. The van der Waals surface area contributed by atoms with Crippen LogP contribution in [0.5, 0.6) is 11.5 Å². The number of nitrogens with zero attached hydrogens (tertiary/aromatic N) is 2. The molecule has 2 heterocycles. The van der Waals surface area contributed by atoms with Crippen LogP contribution in [0.3, 0.4) is 0 Å². The van der Waals surface area contributed by atoms with Crippen LogP contribution in [0.4, 0.5) is 5.69 Å². The van der Waals surface area contributed by atoms with Crippen LogP contribution >= 0.6 is 34.8 Å². The number of benzene rings is 2. The molecule has 0 unspecified atom stereocenters. The number of hydrogen-bond acceptors (Lipinski definition) is 5. The van der Waals surface area contributed by atoms with Crippen molar-refractivity contribution in [2.75, 3.05) is 5.32 Å². The van der Waals surface area contributed by atoms with Gasteiger partial charge in [-0.15, -0.1) is 0 Å². The van der Waals surface area contributed by atoms with Gasteiger partial charge in [-0.05, 0) is 48.5 Å². The first-order chi connectivity index (χ1) is 15.5. The lowest BCUT2D eigenvalue weighted by atomic mass is 10.3. The number of ether oxygens (including phenoxy) is 2. The van der Waals surface area contributed by atoms with Gasteiger partial charge < -0.3 is 19.2 Å². The van der Waals surface area contributed by atoms with Crippen molar-refractivity contribution in [3.05, 3.63) is 93.6 Å². The smallest absolute Gasteiger partial charge is 0.291 e. The molecular weight excluding hydrogens is 477 g/mol. The summed E-state index contributed by atoms with van der Waals surface area (Å²) in [4.78, 5) is 12.5. The Kier molecular flexibility index (Phi) is 6.90. The third kappa shape index (κ3) is 5.76. The topological polar surface area (TPSA) is 78.5 Å². The molecule has 0 aliphatic heterocycles. The summed E-state index contributed by atoms with van der Waals surface area (Å²) in [5.41, 5.74) is 0.492. The molecule has 0 spiro atoms. The van der Waals surface area contributed by atoms with Gasteiger partial charge in [0.25, 0.3) is 5.91 Å². The van der Waals surface area contributed by atoms with Gasteiger partial charge in [0.1, 0.15) is 23.9 Å². The van der Waals surface area contributed by atoms with Gasteiger partial charge in [0, 0.05) is 10.0 Å². The summed E-state index contributed by atoms with van der Waals surface area (Å²) in [6.45, 7) is 0.263. The highest BCUT2D eigenvalue weighted by Crippen LogP contribution is 2.28. The zero-order chi connectivity index (χ0) is 22.5. The van der Waals surface area contributed by atoms with E-state index in [0.29, 0.717) is 38.0 Å². The molecule has 0 aliphatic rings. The normalized spacial score (nSPS) is 10.7. The molecule has 0 atom stereocenters. The van der Waals surface area contributed by atoms with Crippen LogP contribution in [0.1, 0.15) is 16.3 Å². The van der Waals surface area contributed by atoms with E-state index in [4.69, 9.17) is 48.7 Å². The van der Waals surface area contributed by atoms with Crippen molar-refractivity contribution in [3.63, 3.8) is 0 Å². The van der Waals surface area contributed by atoms with Crippen LogP contribution in [0.15, 0.2) is 71.4 Å². The highest BCUT2D eigenvalue weighted by Gasteiger charge is 2.13. The van der Waals surface area contributed by atoms with Crippen LogP contribution in [0.2, 0.25) is 15.1 Å². The van der Waals surface area contributed by atoms with E-state index in [1.807, 2.05) is 0 Å². The molecule has 1 amide bonds. The van der Waals surface area contributed by atoms with E-state index in [2.05, 4.69) is 10.4 Å². The Balaban J connectivity index is 1.30. The summed E-state index contributed by atoms with van der Waals surface area (Å²) in [6.07, 6.45) is 3.15. The first-order valence-electron chi connectivity index (χ1n) is 9.35. The van der Waals surface area contributed by atoms with Crippen LogP contribution in [-0.4, -0.2) is 15.7 Å². The standard InChI is InChI=1S/C22H16Cl3N3O4/c23-14-2-1-3-17(8-14)31-13-28-11-16(10-26-28)27-22(29)21-7-5-18(32-21)12-30-20-6-4-15(24)9-19(20)25/h1-11H,12-13H2,(H,27,29). The summed E-state index contributed by atoms with van der Waals surface area (Å²) >= 11 is 17.9. The Morgan fingerprint density at radius 3 is 2.69 bits per heavy atom. The fourth-order valence-corrected chi connectivity index (χ4v) is 3.35. The lowest BCUT2D eigenvalue weighted by Gasteiger charge is -2.06. The summed E-state index contributed by atoms with van der Waals surface area (Å²) in [5.74, 6) is 1.26. The minimum atomic E-state index is -0.420. The monoisotopic (exact) mass is 491 g/mol. The van der Waals surface area contributed by atoms with Crippen molar-refractivity contribution < 1.29 is 18.7 Å². The van der Waals surface area contributed by atoms with Crippen molar-refractivity contribution in [1.29, 1.82) is 0 Å². The van der Waals surface area contributed by atoms with Gasteiger partial charge in [-0.2, -0.15) is 5.10 Å². The Labute approximate surface area is 198 Å². The number of nitrogens with one attached hydrogen (secondary N) is 1. The maximum Gasteiger partial charge on any atom is 0.291 e. The fourth-order valence-electron chi connectivity index (χ4n) is 2.71. The first-order valence-corrected chi connectivity index (χ1v) is 10.5. The third-order valence-corrected chi connectivity index (χ3v) is 4.97. The number of furan rings is 1. The van der Waals surface area contributed by atoms with Gasteiger partial charge in [0.05, 0.1) is 23.1 Å². The number of carbonyl (C=O) groups is 1. The molecule has 4 aromatic rings. The van der Waals surface area contributed by atoms with Crippen molar-refractivity contribution >= 4 is 46.4 Å². The van der Waals surface area contributed by atoms with Crippen molar-refractivity contribution in [2.45, 2.75) is 13.3 Å². The molecule has 0 bridgehead atoms. The molecule has 7 nitrogen and oxygen atoms in total. The maximum absolute atomic E-state index is 12.5. The quantitative estimate of drug-likeness (QED) is 0.312. The molecule has 0 saturated heterocycles. The van der Waals surface area contributed by atoms with Crippen molar-refractivity contribution in [3.8, 4) is 11.5 Å². The van der Waals surface area contributed by atoms with Gasteiger partial charge in [0.15, 0.2) is 12.5 Å². The summed E-state index contributed by atoms with van der Waals surface area (Å²) in [5, 5.41) is 8.35. The lowest BCUT2D eigenvalue weighted by Crippen LogP contribution is -2.10. The zero-order valence-corrected chi connectivity index (χ0v) is 18.7. The molecule has 10 heteroatoms. The van der Waals surface area contributed by atoms with Gasteiger partial charge in [-0.1, -0.05) is 40.9 Å². The minimum absolute atomic E-state index is 0.105. The Hall–Kier alpha value is -3.13. The van der Waals surface area contributed by atoms with Crippen LogP contribution in [-0.2, 0) is 13.3 Å². The largest absolute Gasteiger partial charge is 0.484 e. The fraction of sp³-hybridized carbons (Fsp3) is 0.0909. The lowest BCUT2D eigenvalue weighted by molar-refractivity contribution is 0.0992. The molecule has 0 aliphatic carbocycles. The van der Waals surface area contributed by atoms with E-state index >= 15 is 0 Å². The molecule has 0 radical (unpaired) electrons. The molecular formula is C22H16Cl3N3O4. The zero-order valence-electron chi connectivity index (χ0n) is 16.4. The van der Waals surface area contributed by atoms with Gasteiger partial charge in [-0.25, -0.2) is 4.68 Å². The number of halogens is 3. The van der Waals surface area contributed by atoms with Gasteiger partial charge >= 0.3 is 0 Å². The average Bonchev–Trinajstić information content (AvgIpc) is 3.41. The van der Waals surface area contributed by atoms with Gasteiger partial charge in [-0.3, -0.25) is 4.79 Å². The van der Waals surface area contributed by atoms with E-state index in [-0.39, 0.29) is 19.1 Å². The van der Waals surface area contributed by atoms with Crippen molar-refractivity contribution in [2.24, 2.45) is 0 Å². The highest BCUT2D eigenvalue weighted by atomic mass is 35.5. The first kappa shape index (κ1) is 22.1. The minimum Gasteiger partial charge on any atom is -0.484 e. The molecule has 2 aromatic heterocycles. The second-order valence-corrected chi connectivity index (χ2v) is 7.86. The van der Waals surface area contributed by atoms with Crippen LogP contribution < -0.4 is 14.8 Å². The summed E-state index contributed by atoms with van der Waals surface area (Å²) < 4.78 is 18.3. The van der Waals surface area contributed by atoms with E-state index < -0.39 is 5.91 Å².